The average Bonchev–Trinajstić information content (AvgIpc) is 2.70. The van der Waals surface area contributed by atoms with Gasteiger partial charge in [-0.2, -0.15) is 0 Å². The van der Waals surface area contributed by atoms with Gasteiger partial charge >= 0.3 is 5.97 Å². The molecule has 0 aliphatic carbocycles. The summed E-state index contributed by atoms with van der Waals surface area (Å²) in [5, 5.41) is 3.39. The van der Waals surface area contributed by atoms with Gasteiger partial charge in [0.15, 0.2) is 0 Å². The summed E-state index contributed by atoms with van der Waals surface area (Å²) in [6, 6.07) is 20.1. The van der Waals surface area contributed by atoms with Crippen LogP contribution in [0.15, 0.2) is 60.7 Å². The van der Waals surface area contributed by atoms with E-state index in [4.69, 9.17) is 4.74 Å². The molecule has 1 atom stereocenters. The zero-order chi connectivity index (χ0) is 18.6. The third-order valence-electron chi connectivity index (χ3n) is 4.55. The largest absolute Gasteiger partial charge is 0.464 e. The Hall–Kier alpha value is -2.17. The monoisotopic (exact) mass is 354 g/mol. The van der Waals surface area contributed by atoms with E-state index in [2.05, 4.69) is 36.2 Å². The number of hydrogen-bond acceptors (Lipinski definition) is 4. The third kappa shape index (κ3) is 6.62. The summed E-state index contributed by atoms with van der Waals surface area (Å²) in [6.07, 6.45) is 0. The van der Waals surface area contributed by atoms with Crippen molar-refractivity contribution in [3.05, 3.63) is 71.8 Å². The summed E-state index contributed by atoms with van der Waals surface area (Å²) < 4.78 is 5.57. The van der Waals surface area contributed by atoms with Gasteiger partial charge in [-0.25, -0.2) is 0 Å². The molecule has 0 spiro atoms. The van der Waals surface area contributed by atoms with Gasteiger partial charge in [-0.1, -0.05) is 74.5 Å². The van der Waals surface area contributed by atoms with E-state index >= 15 is 0 Å². The fourth-order valence-electron chi connectivity index (χ4n) is 2.90. The molecule has 0 fully saturated rings. The Balaban J connectivity index is 1.91. The zero-order valence-corrected chi connectivity index (χ0v) is 15.9. The zero-order valence-electron chi connectivity index (χ0n) is 15.9. The van der Waals surface area contributed by atoms with Crippen LogP contribution in [0.2, 0.25) is 0 Å². The molecule has 26 heavy (non-hydrogen) atoms. The molecule has 4 nitrogen and oxygen atoms in total. The second-order valence-corrected chi connectivity index (χ2v) is 6.27. The molecule has 2 rings (SSSR count). The number of benzene rings is 2. The number of nitrogens with one attached hydrogen (secondary N) is 1. The predicted octanol–water partition coefficient (Wildman–Crippen LogP) is 3.45. The van der Waals surface area contributed by atoms with Gasteiger partial charge in [-0.05, 0) is 24.2 Å². The quantitative estimate of drug-likeness (QED) is 0.628. The number of esters is 1. The van der Waals surface area contributed by atoms with Crippen LogP contribution in [0, 0.1) is 0 Å². The summed E-state index contributed by atoms with van der Waals surface area (Å²) in [6.45, 7) is 8.67. The van der Waals surface area contributed by atoms with Crippen molar-refractivity contribution in [1.82, 2.24) is 10.2 Å². The van der Waals surface area contributed by atoms with Gasteiger partial charge < -0.3 is 15.0 Å². The fourth-order valence-corrected chi connectivity index (χ4v) is 2.90. The summed E-state index contributed by atoms with van der Waals surface area (Å²) in [4.78, 5) is 14.9. The first-order chi connectivity index (χ1) is 12.7. The number of ether oxygens (including phenoxy) is 1. The lowest BCUT2D eigenvalue weighted by molar-refractivity contribution is -0.145. The molecular formula is C22H30N2O2. The Bertz CT molecular complexity index is 627. The minimum absolute atomic E-state index is 0.163. The van der Waals surface area contributed by atoms with Crippen LogP contribution in [-0.4, -0.2) is 43.7 Å². The lowest BCUT2D eigenvalue weighted by Gasteiger charge is -2.20. The van der Waals surface area contributed by atoms with Gasteiger partial charge in [-0.15, -0.1) is 0 Å². The molecular weight excluding hydrogens is 324 g/mol. The molecule has 4 heteroatoms. The topological polar surface area (TPSA) is 41.6 Å². The van der Waals surface area contributed by atoms with E-state index in [1.165, 1.54) is 5.56 Å². The molecule has 1 unspecified atom stereocenters. The van der Waals surface area contributed by atoms with Crippen molar-refractivity contribution < 1.29 is 9.53 Å². The molecule has 0 aromatic heterocycles. The van der Waals surface area contributed by atoms with Crippen molar-refractivity contribution in [3.8, 4) is 0 Å². The van der Waals surface area contributed by atoms with E-state index in [1.54, 1.807) is 0 Å². The van der Waals surface area contributed by atoms with Gasteiger partial charge in [-0.3, -0.25) is 4.79 Å². The Kier molecular flexibility index (Phi) is 8.87. The van der Waals surface area contributed by atoms with Gasteiger partial charge in [0.05, 0.1) is 5.92 Å². The van der Waals surface area contributed by atoms with E-state index in [1.807, 2.05) is 48.5 Å². The fraction of sp³-hybridized carbons (Fsp3) is 0.409. The van der Waals surface area contributed by atoms with Crippen molar-refractivity contribution >= 4 is 5.97 Å². The number of likely N-dealkylation sites (N-methyl/N-ethyl adjacent to an activating group) is 1. The number of nitrogens with zero attached hydrogens (tertiary/aromatic N) is 1. The molecule has 2 aromatic rings. The molecule has 0 radical (unpaired) electrons. The van der Waals surface area contributed by atoms with E-state index < -0.39 is 0 Å². The van der Waals surface area contributed by atoms with Gasteiger partial charge in [0.1, 0.15) is 6.61 Å². The first kappa shape index (κ1) is 20.1. The maximum absolute atomic E-state index is 12.7. The Morgan fingerprint density at radius 3 is 2.23 bits per heavy atom. The number of rotatable bonds is 11. The molecule has 0 aliphatic rings. The molecule has 0 bridgehead atoms. The van der Waals surface area contributed by atoms with Crippen LogP contribution in [0.1, 0.15) is 30.9 Å². The van der Waals surface area contributed by atoms with Crippen molar-refractivity contribution in [2.24, 2.45) is 0 Å². The smallest absolute Gasteiger partial charge is 0.314 e. The highest BCUT2D eigenvalue weighted by Gasteiger charge is 2.21. The van der Waals surface area contributed by atoms with Crippen LogP contribution in [0.5, 0.6) is 0 Å². The molecule has 1 N–H and O–H groups in total. The van der Waals surface area contributed by atoms with Crippen molar-refractivity contribution in [2.45, 2.75) is 26.3 Å². The summed E-state index contributed by atoms with van der Waals surface area (Å²) in [5.41, 5.74) is 2.19. The maximum atomic E-state index is 12.7. The predicted molar refractivity (Wildman–Crippen MR) is 106 cm³/mol. The molecule has 0 saturated carbocycles. The summed E-state index contributed by atoms with van der Waals surface area (Å²) >= 11 is 0. The molecule has 0 aliphatic heterocycles. The molecule has 0 amide bonds. The first-order valence-electron chi connectivity index (χ1n) is 9.43. The molecule has 2 aromatic carbocycles. The number of hydrogen-bond donors (Lipinski definition) is 1. The van der Waals surface area contributed by atoms with E-state index in [0.717, 1.165) is 31.7 Å². The highest BCUT2D eigenvalue weighted by Crippen LogP contribution is 2.17. The van der Waals surface area contributed by atoms with Crippen molar-refractivity contribution in [2.75, 3.05) is 32.8 Å². The van der Waals surface area contributed by atoms with Crippen LogP contribution >= 0.6 is 0 Å². The van der Waals surface area contributed by atoms with Crippen LogP contribution in [0.4, 0.5) is 0 Å². The lowest BCUT2D eigenvalue weighted by atomic mass is 9.99. The van der Waals surface area contributed by atoms with Crippen LogP contribution < -0.4 is 5.32 Å². The van der Waals surface area contributed by atoms with Crippen LogP contribution in [0.25, 0.3) is 0 Å². The Labute approximate surface area is 157 Å². The Morgan fingerprint density at radius 2 is 1.62 bits per heavy atom. The SMILES string of the molecule is CCN(CC)CCOC(=O)C(CNCc1ccccc1)c1ccccc1. The second-order valence-electron chi connectivity index (χ2n) is 6.27. The van der Waals surface area contributed by atoms with E-state index in [-0.39, 0.29) is 11.9 Å². The summed E-state index contributed by atoms with van der Waals surface area (Å²) in [7, 11) is 0. The second kappa shape index (κ2) is 11.4. The summed E-state index contributed by atoms with van der Waals surface area (Å²) in [5.74, 6) is -0.458. The average molecular weight is 354 g/mol. The molecule has 0 heterocycles. The molecule has 0 saturated heterocycles. The highest BCUT2D eigenvalue weighted by atomic mass is 16.5. The Morgan fingerprint density at radius 1 is 1.00 bits per heavy atom. The number of carbonyl (C=O) groups is 1. The van der Waals surface area contributed by atoms with Gasteiger partial charge in [0, 0.05) is 19.6 Å². The minimum atomic E-state index is -0.295. The third-order valence-corrected chi connectivity index (χ3v) is 4.55. The molecule has 140 valence electrons. The first-order valence-corrected chi connectivity index (χ1v) is 9.43. The van der Waals surface area contributed by atoms with Gasteiger partial charge in [0.2, 0.25) is 0 Å². The van der Waals surface area contributed by atoms with Crippen molar-refractivity contribution in [3.63, 3.8) is 0 Å². The van der Waals surface area contributed by atoms with Crippen LogP contribution in [0.3, 0.4) is 0 Å². The number of carbonyl (C=O) groups excluding carboxylic acids is 1. The van der Waals surface area contributed by atoms with E-state index in [9.17, 15) is 4.79 Å². The standard InChI is InChI=1S/C22H30N2O2/c1-3-24(4-2)15-16-26-22(25)21(20-13-9-6-10-14-20)18-23-17-19-11-7-5-8-12-19/h5-14,21,23H,3-4,15-18H2,1-2H3. The minimum Gasteiger partial charge on any atom is -0.464 e. The van der Waals surface area contributed by atoms with E-state index in [0.29, 0.717) is 13.2 Å². The highest BCUT2D eigenvalue weighted by molar-refractivity contribution is 5.78. The lowest BCUT2D eigenvalue weighted by Crippen LogP contribution is -2.31. The maximum Gasteiger partial charge on any atom is 0.314 e. The van der Waals surface area contributed by atoms with Crippen LogP contribution in [-0.2, 0) is 16.1 Å². The van der Waals surface area contributed by atoms with Gasteiger partial charge in [0.25, 0.3) is 0 Å². The van der Waals surface area contributed by atoms with Crippen molar-refractivity contribution in [1.29, 1.82) is 0 Å². The normalized spacial score (nSPS) is 12.1.